The summed E-state index contributed by atoms with van der Waals surface area (Å²) in [6, 6.07) is 18.2. The van der Waals surface area contributed by atoms with Gasteiger partial charge in [0.15, 0.2) is 0 Å². The molecular weight excluding hydrogens is 482 g/mol. The second-order valence-corrected chi connectivity index (χ2v) is 10.0. The first-order valence-electron chi connectivity index (χ1n) is 11.3. The number of hydrogen-bond acceptors (Lipinski definition) is 6. The van der Waals surface area contributed by atoms with Gasteiger partial charge in [0.05, 0.1) is 18.9 Å². The second kappa shape index (κ2) is 10.3. The fourth-order valence-electron chi connectivity index (χ4n) is 4.16. The summed E-state index contributed by atoms with van der Waals surface area (Å²) in [5.41, 5.74) is 3.90. The third kappa shape index (κ3) is 5.46. The third-order valence-corrected chi connectivity index (χ3v) is 6.36. The van der Waals surface area contributed by atoms with Crippen LogP contribution in [0.2, 0.25) is 0 Å². The molecule has 2 N–H and O–H groups in total. The van der Waals surface area contributed by atoms with E-state index in [4.69, 9.17) is 14.2 Å². The highest BCUT2D eigenvalue weighted by molar-refractivity contribution is 7.92. The maximum absolute atomic E-state index is 11.9. The van der Waals surface area contributed by atoms with Crippen molar-refractivity contribution in [2.75, 3.05) is 24.7 Å². The van der Waals surface area contributed by atoms with Crippen molar-refractivity contribution in [3.05, 3.63) is 83.4 Å². The molecule has 1 atom stereocenters. The van der Waals surface area contributed by atoms with Crippen LogP contribution in [-0.2, 0) is 14.8 Å². The molecule has 1 heterocycles. The smallest absolute Gasteiger partial charge is 0.331 e. The zero-order chi connectivity index (χ0) is 25.9. The van der Waals surface area contributed by atoms with Crippen LogP contribution in [0.15, 0.2) is 72.3 Å². The molecule has 3 aromatic carbocycles. The summed E-state index contributed by atoms with van der Waals surface area (Å²) in [5, 5.41) is 9.20. The number of carboxylic acids is 1. The fourth-order valence-corrected chi connectivity index (χ4v) is 4.71. The van der Waals surface area contributed by atoms with Gasteiger partial charge in [0.25, 0.3) is 0 Å². The topological polar surface area (TPSA) is 111 Å². The molecule has 0 saturated carbocycles. The maximum atomic E-state index is 11.9. The Labute approximate surface area is 210 Å². The van der Waals surface area contributed by atoms with Crippen LogP contribution in [0.5, 0.6) is 17.2 Å². The van der Waals surface area contributed by atoms with E-state index in [1.807, 2.05) is 42.5 Å². The number of benzene rings is 3. The minimum absolute atomic E-state index is 0.115. The van der Waals surface area contributed by atoms with Crippen molar-refractivity contribution in [3.63, 3.8) is 0 Å². The van der Waals surface area contributed by atoms with Crippen LogP contribution in [0.25, 0.3) is 11.1 Å². The third-order valence-electron chi connectivity index (χ3n) is 5.76. The Balaban J connectivity index is 1.74. The van der Waals surface area contributed by atoms with Crippen LogP contribution in [0.1, 0.15) is 30.6 Å². The van der Waals surface area contributed by atoms with Gasteiger partial charge in [-0.05, 0) is 54.5 Å². The van der Waals surface area contributed by atoms with Gasteiger partial charge >= 0.3 is 5.97 Å². The first-order valence-corrected chi connectivity index (χ1v) is 13.2. The number of aliphatic carboxylic acids is 1. The lowest BCUT2D eigenvalue weighted by molar-refractivity contribution is -0.132. The Bertz CT molecular complexity index is 1430. The van der Waals surface area contributed by atoms with Gasteiger partial charge in [0.1, 0.15) is 30.0 Å². The average molecular weight is 510 g/mol. The highest BCUT2D eigenvalue weighted by atomic mass is 32.2. The number of anilines is 1. The Morgan fingerprint density at radius 3 is 2.61 bits per heavy atom. The summed E-state index contributed by atoms with van der Waals surface area (Å²) in [5.74, 6) is 0.871. The fraction of sp³-hybridized carbons (Fsp3) is 0.222. The Hall–Kier alpha value is -3.98. The number of rotatable bonds is 9. The molecule has 4 rings (SSSR count). The first-order chi connectivity index (χ1) is 17.2. The van der Waals surface area contributed by atoms with Gasteiger partial charge in [0, 0.05) is 22.4 Å². The quantitative estimate of drug-likeness (QED) is 0.390. The first kappa shape index (κ1) is 25.1. The zero-order valence-corrected chi connectivity index (χ0v) is 21.0. The molecule has 0 saturated heterocycles. The molecule has 3 aromatic rings. The number of ether oxygens (including phenoxy) is 3. The number of carboxylic acid groups (broad SMARTS) is 1. The van der Waals surface area contributed by atoms with E-state index in [-0.39, 0.29) is 12.2 Å². The summed E-state index contributed by atoms with van der Waals surface area (Å²) in [6.07, 6.45) is 2.50. The molecule has 0 radical (unpaired) electrons. The van der Waals surface area contributed by atoms with Crippen molar-refractivity contribution in [1.82, 2.24) is 0 Å². The molecule has 9 heteroatoms. The normalized spacial score (nSPS) is 14.8. The van der Waals surface area contributed by atoms with Crippen molar-refractivity contribution in [2.24, 2.45) is 0 Å². The van der Waals surface area contributed by atoms with Crippen LogP contribution in [0.3, 0.4) is 0 Å². The standard InChI is InChI=1S/C27H27NO7S/c1-4-17(27(29)30)13-14-34-20-8-5-7-18(15-20)26-22-16-19(28-36(3,31)32)11-12-21(22)25-23(33-2)9-6-10-24(25)35-26/h5-13,15-16,26,28H,4,14H2,1-3H3,(H,29,30). The molecule has 8 nitrogen and oxygen atoms in total. The van der Waals surface area contributed by atoms with Crippen LogP contribution in [0.4, 0.5) is 5.69 Å². The van der Waals surface area contributed by atoms with Crippen molar-refractivity contribution in [1.29, 1.82) is 0 Å². The highest BCUT2D eigenvalue weighted by Gasteiger charge is 2.30. The average Bonchev–Trinajstić information content (AvgIpc) is 2.84. The molecule has 36 heavy (non-hydrogen) atoms. The van der Waals surface area contributed by atoms with E-state index in [1.54, 1.807) is 38.3 Å². The van der Waals surface area contributed by atoms with Gasteiger partial charge in [0.2, 0.25) is 10.0 Å². The minimum Gasteiger partial charge on any atom is -0.496 e. The summed E-state index contributed by atoms with van der Waals surface area (Å²) in [4.78, 5) is 11.2. The number of carbonyl (C=O) groups is 1. The molecule has 0 aromatic heterocycles. The molecule has 1 aliphatic heterocycles. The monoisotopic (exact) mass is 509 g/mol. The molecule has 0 bridgehead atoms. The lowest BCUT2D eigenvalue weighted by Crippen LogP contribution is -2.17. The lowest BCUT2D eigenvalue weighted by atomic mass is 9.88. The Morgan fingerprint density at radius 1 is 1.14 bits per heavy atom. The van der Waals surface area contributed by atoms with E-state index in [0.29, 0.717) is 29.4 Å². The zero-order valence-electron chi connectivity index (χ0n) is 20.1. The van der Waals surface area contributed by atoms with E-state index >= 15 is 0 Å². The van der Waals surface area contributed by atoms with Crippen molar-refractivity contribution >= 4 is 21.7 Å². The summed E-state index contributed by atoms with van der Waals surface area (Å²) < 4.78 is 44.0. The molecule has 1 aliphatic rings. The molecule has 0 fully saturated rings. The number of hydrogen-bond donors (Lipinski definition) is 2. The van der Waals surface area contributed by atoms with Crippen LogP contribution in [-0.4, -0.2) is 39.5 Å². The van der Waals surface area contributed by atoms with E-state index in [9.17, 15) is 18.3 Å². The highest BCUT2D eigenvalue weighted by Crippen LogP contribution is 2.49. The lowest BCUT2D eigenvalue weighted by Gasteiger charge is -2.30. The second-order valence-electron chi connectivity index (χ2n) is 8.28. The van der Waals surface area contributed by atoms with Gasteiger partial charge in [-0.3, -0.25) is 4.72 Å². The van der Waals surface area contributed by atoms with Crippen molar-refractivity contribution in [3.8, 4) is 28.4 Å². The summed E-state index contributed by atoms with van der Waals surface area (Å²) >= 11 is 0. The Kier molecular flexibility index (Phi) is 7.21. The Morgan fingerprint density at radius 2 is 1.92 bits per heavy atom. The predicted octanol–water partition coefficient (Wildman–Crippen LogP) is 5.02. The number of nitrogens with one attached hydrogen (secondary N) is 1. The SMILES string of the molecule is CCC(=CCOc1cccc(C2Oc3cccc(OC)c3-c3ccc(NS(C)(=O)=O)cc32)c1)C(=O)O. The number of fused-ring (bicyclic) bond motifs is 3. The van der Waals surface area contributed by atoms with Gasteiger partial charge in [-0.1, -0.05) is 31.2 Å². The van der Waals surface area contributed by atoms with Gasteiger partial charge in [-0.15, -0.1) is 0 Å². The van der Waals surface area contributed by atoms with Gasteiger partial charge in [-0.25, -0.2) is 13.2 Å². The molecule has 0 spiro atoms. The number of sulfonamides is 1. The minimum atomic E-state index is -3.47. The largest absolute Gasteiger partial charge is 0.496 e. The molecular formula is C27H27NO7S. The van der Waals surface area contributed by atoms with Gasteiger partial charge in [-0.2, -0.15) is 0 Å². The molecule has 1 unspecified atom stereocenters. The van der Waals surface area contributed by atoms with Crippen molar-refractivity contribution in [2.45, 2.75) is 19.4 Å². The summed E-state index contributed by atoms with van der Waals surface area (Å²) in [6.45, 7) is 1.89. The van der Waals surface area contributed by atoms with Crippen LogP contribution >= 0.6 is 0 Å². The number of methoxy groups -OCH3 is 1. The predicted molar refractivity (Wildman–Crippen MR) is 137 cm³/mol. The maximum Gasteiger partial charge on any atom is 0.331 e. The molecule has 188 valence electrons. The van der Waals surface area contributed by atoms with Crippen molar-refractivity contribution < 1.29 is 32.5 Å². The van der Waals surface area contributed by atoms with E-state index in [0.717, 1.165) is 28.5 Å². The molecule has 0 amide bonds. The molecule has 0 aliphatic carbocycles. The van der Waals surface area contributed by atoms with Crippen LogP contribution in [0, 0.1) is 0 Å². The van der Waals surface area contributed by atoms with Gasteiger partial charge < -0.3 is 19.3 Å². The summed E-state index contributed by atoms with van der Waals surface area (Å²) in [7, 11) is -1.89. The van der Waals surface area contributed by atoms with E-state index in [2.05, 4.69) is 4.72 Å². The van der Waals surface area contributed by atoms with E-state index < -0.39 is 22.1 Å². The van der Waals surface area contributed by atoms with E-state index in [1.165, 1.54) is 0 Å². The van der Waals surface area contributed by atoms with Crippen LogP contribution < -0.4 is 18.9 Å².